The molecule has 138 valence electrons. The van der Waals surface area contributed by atoms with Gasteiger partial charge in [0.1, 0.15) is 5.75 Å². The molecule has 5 rings (SSSR count). The number of hydrogen-bond donors (Lipinski definition) is 1. The smallest absolute Gasteiger partial charge is 0.299 e. The molecule has 0 spiro atoms. The van der Waals surface area contributed by atoms with Gasteiger partial charge in [0.05, 0.1) is 13.2 Å². The van der Waals surface area contributed by atoms with Crippen molar-refractivity contribution in [3.05, 3.63) is 29.3 Å². The third-order valence-corrected chi connectivity index (χ3v) is 6.71. The number of hydrogen-bond acceptors (Lipinski definition) is 3. The Hall–Kier alpha value is -1.99. The maximum Gasteiger partial charge on any atom is 0.299 e. The molecule has 1 aliphatic heterocycles. The van der Waals surface area contributed by atoms with Gasteiger partial charge in [0.25, 0.3) is 5.91 Å². The minimum absolute atomic E-state index is 0.00609. The highest BCUT2D eigenvalue weighted by Crippen LogP contribution is 2.73. The summed E-state index contributed by atoms with van der Waals surface area (Å²) in [6.07, 6.45) is 12.6. The van der Waals surface area contributed by atoms with Gasteiger partial charge in [-0.3, -0.25) is 4.79 Å². The maximum absolute atomic E-state index is 12.8. The van der Waals surface area contributed by atoms with Crippen molar-refractivity contribution in [2.45, 2.75) is 69.5 Å². The molecule has 2 bridgehead atoms. The van der Waals surface area contributed by atoms with Crippen LogP contribution < -0.4 is 10.5 Å². The Morgan fingerprint density at radius 1 is 1.42 bits per heavy atom. The van der Waals surface area contributed by atoms with Crippen LogP contribution >= 0.6 is 0 Å². The number of fused-ring (bicyclic) bond motifs is 1. The van der Waals surface area contributed by atoms with Crippen molar-refractivity contribution in [3.8, 4) is 18.1 Å². The van der Waals surface area contributed by atoms with E-state index in [4.69, 9.17) is 16.9 Å². The molecule has 0 saturated heterocycles. The second kappa shape index (κ2) is 6.03. The molecule has 4 aliphatic rings. The fraction of sp³-hybridized carbons (Fsp3) is 0.591. The highest BCUT2D eigenvalue weighted by Gasteiger charge is 2.71. The van der Waals surface area contributed by atoms with Gasteiger partial charge in [0, 0.05) is 17.0 Å². The van der Waals surface area contributed by atoms with E-state index in [-0.39, 0.29) is 28.9 Å². The second-order valence-corrected chi connectivity index (χ2v) is 8.58. The number of nitrogens with zero attached hydrogens (tertiary/aromatic N) is 1. The zero-order chi connectivity index (χ0) is 18.5. The molecule has 1 heterocycles. The van der Waals surface area contributed by atoms with Gasteiger partial charge < -0.3 is 15.4 Å². The van der Waals surface area contributed by atoms with Crippen molar-refractivity contribution in [1.82, 2.24) is 4.90 Å². The van der Waals surface area contributed by atoms with Gasteiger partial charge in [-0.25, -0.2) is 0 Å². The number of carbonyl (C=O) groups is 1. The standard InChI is InChI=1S/C22H28N2O2/c1-4-6-7-16-10-15-11-17(26-3)8-9-18(15)20(24(16)19(25)5-2)21-12-22(23,13-21)14-21/h2,8-9,11,16,20H,4,6-7,10,12-14,23H2,1,3H3/t16-,20?,21?,22?/m0/s1. The van der Waals surface area contributed by atoms with Crippen LogP contribution in [-0.2, 0) is 11.2 Å². The van der Waals surface area contributed by atoms with Crippen LogP contribution in [0.3, 0.4) is 0 Å². The van der Waals surface area contributed by atoms with Gasteiger partial charge in [-0.1, -0.05) is 25.8 Å². The number of rotatable bonds is 5. The van der Waals surface area contributed by atoms with Crippen LogP contribution in [0.5, 0.6) is 5.75 Å². The molecule has 1 amide bonds. The first-order chi connectivity index (χ1) is 12.4. The summed E-state index contributed by atoms with van der Waals surface area (Å²) in [4.78, 5) is 14.8. The number of unbranched alkanes of at least 4 members (excludes halogenated alkanes) is 1. The van der Waals surface area contributed by atoms with Gasteiger partial charge in [0.2, 0.25) is 0 Å². The van der Waals surface area contributed by atoms with E-state index < -0.39 is 0 Å². The molecule has 4 nitrogen and oxygen atoms in total. The zero-order valence-corrected chi connectivity index (χ0v) is 15.8. The Labute approximate surface area is 156 Å². The van der Waals surface area contributed by atoms with Crippen LogP contribution in [0, 0.1) is 17.8 Å². The van der Waals surface area contributed by atoms with Crippen molar-refractivity contribution < 1.29 is 9.53 Å². The van der Waals surface area contributed by atoms with Gasteiger partial charge in [-0.15, -0.1) is 6.42 Å². The Balaban J connectivity index is 1.78. The van der Waals surface area contributed by atoms with Gasteiger partial charge >= 0.3 is 0 Å². The lowest BCUT2D eigenvalue weighted by molar-refractivity contribution is -0.194. The van der Waals surface area contributed by atoms with E-state index in [1.165, 1.54) is 11.1 Å². The normalized spacial score (nSPS) is 34.2. The summed E-state index contributed by atoms with van der Waals surface area (Å²) in [5.74, 6) is 3.11. The summed E-state index contributed by atoms with van der Waals surface area (Å²) in [5.41, 5.74) is 8.99. The topological polar surface area (TPSA) is 55.6 Å². The predicted molar refractivity (Wildman–Crippen MR) is 102 cm³/mol. The van der Waals surface area contributed by atoms with Crippen molar-refractivity contribution in [1.29, 1.82) is 0 Å². The van der Waals surface area contributed by atoms with E-state index in [1.54, 1.807) is 7.11 Å². The lowest BCUT2D eigenvalue weighted by atomic mass is 9.36. The fourth-order valence-electron chi connectivity index (χ4n) is 5.77. The molecular weight excluding hydrogens is 324 g/mol. The molecule has 1 unspecified atom stereocenters. The first-order valence-electron chi connectivity index (χ1n) is 9.70. The first kappa shape index (κ1) is 17.4. The number of ether oxygens (including phenoxy) is 1. The van der Waals surface area contributed by atoms with Crippen molar-refractivity contribution in [3.63, 3.8) is 0 Å². The molecule has 1 aromatic carbocycles. The summed E-state index contributed by atoms with van der Waals surface area (Å²) < 4.78 is 5.45. The minimum atomic E-state index is -0.173. The highest BCUT2D eigenvalue weighted by molar-refractivity contribution is 5.93. The van der Waals surface area contributed by atoms with Crippen molar-refractivity contribution >= 4 is 5.91 Å². The highest BCUT2D eigenvalue weighted by atomic mass is 16.5. The molecule has 2 N–H and O–H groups in total. The maximum atomic E-state index is 12.8. The third kappa shape index (κ3) is 2.45. The molecule has 4 heteroatoms. The monoisotopic (exact) mass is 352 g/mol. The zero-order valence-electron chi connectivity index (χ0n) is 15.8. The van der Waals surface area contributed by atoms with Crippen LogP contribution in [0.2, 0.25) is 0 Å². The van der Waals surface area contributed by atoms with Crippen LogP contribution in [0.4, 0.5) is 0 Å². The molecule has 0 radical (unpaired) electrons. The number of methoxy groups -OCH3 is 1. The molecular formula is C22H28N2O2. The van der Waals surface area contributed by atoms with Gasteiger partial charge in [-0.05, 0) is 61.3 Å². The largest absolute Gasteiger partial charge is 0.497 e. The molecule has 1 aromatic rings. The van der Waals surface area contributed by atoms with E-state index in [1.807, 2.05) is 11.0 Å². The lowest BCUT2D eigenvalue weighted by Gasteiger charge is -2.73. The number of amides is 1. The second-order valence-electron chi connectivity index (χ2n) is 8.58. The molecule has 0 aromatic heterocycles. The number of nitrogens with two attached hydrogens (primary N) is 1. The van der Waals surface area contributed by atoms with Gasteiger partial charge in [-0.2, -0.15) is 0 Å². The summed E-state index contributed by atoms with van der Waals surface area (Å²) in [6.45, 7) is 2.18. The molecule has 3 aliphatic carbocycles. The van der Waals surface area contributed by atoms with Crippen LogP contribution in [0.25, 0.3) is 0 Å². The van der Waals surface area contributed by atoms with Gasteiger partial charge in [0.15, 0.2) is 0 Å². The Bertz CT molecular complexity index is 759. The summed E-state index contributed by atoms with van der Waals surface area (Å²) in [6, 6.07) is 6.48. The third-order valence-electron chi connectivity index (χ3n) is 6.71. The average molecular weight is 352 g/mol. The predicted octanol–water partition coefficient (Wildman–Crippen LogP) is 3.19. The number of carbonyl (C=O) groups excluding carboxylic acids is 1. The molecule has 26 heavy (non-hydrogen) atoms. The van der Waals surface area contributed by atoms with Crippen LogP contribution in [0.15, 0.2) is 18.2 Å². The first-order valence-corrected chi connectivity index (χ1v) is 9.70. The minimum Gasteiger partial charge on any atom is -0.497 e. The SMILES string of the molecule is C#CC(=O)N1C(C23CC(N)(C2)C3)c2ccc(OC)cc2C[C@@H]1CCCC. The summed E-state index contributed by atoms with van der Waals surface area (Å²) in [5, 5.41) is 0. The fourth-order valence-corrected chi connectivity index (χ4v) is 5.77. The van der Waals surface area contributed by atoms with E-state index in [0.717, 1.165) is 50.7 Å². The molecule has 3 fully saturated rings. The lowest BCUT2D eigenvalue weighted by Crippen LogP contribution is -2.76. The van der Waals surface area contributed by atoms with E-state index >= 15 is 0 Å². The molecule has 3 saturated carbocycles. The van der Waals surface area contributed by atoms with Crippen molar-refractivity contribution in [2.24, 2.45) is 11.1 Å². The Morgan fingerprint density at radius 2 is 2.15 bits per heavy atom. The van der Waals surface area contributed by atoms with Crippen LogP contribution in [0.1, 0.15) is 62.6 Å². The van der Waals surface area contributed by atoms with E-state index in [9.17, 15) is 4.79 Å². The van der Waals surface area contributed by atoms with Crippen LogP contribution in [-0.4, -0.2) is 29.5 Å². The quantitative estimate of drug-likeness (QED) is 0.828. The summed E-state index contributed by atoms with van der Waals surface area (Å²) in [7, 11) is 1.70. The molecule has 2 atom stereocenters. The van der Waals surface area contributed by atoms with Crippen molar-refractivity contribution in [2.75, 3.05) is 7.11 Å². The number of terminal acetylenes is 1. The van der Waals surface area contributed by atoms with E-state index in [0.29, 0.717) is 0 Å². The Morgan fingerprint density at radius 3 is 2.73 bits per heavy atom. The Kier molecular flexibility index (Phi) is 4.04. The summed E-state index contributed by atoms with van der Waals surface area (Å²) >= 11 is 0. The average Bonchev–Trinajstić information content (AvgIpc) is 2.60. The van der Waals surface area contributed by atoms with E-state index in [2.05, 4.69) is 25.0 Å². The number of benzene rings is 1.